The second-order valence-corrected chi connectivity index (χ2v) is 7.02. The molecule has 5 nitrogen and oxygen atoms in total. The van der Waals surface area contributed by atoms with E-state index in [1.165, 1.54) is 0 Å². The Bertz CT molecular complexity index is 328. The first-order valence-electron chi connectivity index (χ1n) is 7.51. The molecule has 0 bridgehead atoms. The number of carbonyl (C=O) groups is 2. The van der Waals surface area contributed by atoms with Crippen LogP contribution in [0.2, 0.25) is 0 Å². The number of rotatable bonds is 8. The number of hydrogen-bond donors (Lipinski definition) is 0. The van der Waals surface area contributed by atoms with Gasteiger partial charge in [-0.25, -0.2) is 4.79 Å². The normalized spacial score (nSPS) is 13.4. The predicted octanol–water partition coefficient (Wildman–Crippen LogP) is 2.96. The number of hydrogen-bond acceptors (Lipinski definition) is 5. The van der Waals surface area contributed by atoms with Gasteiger partial charge in [-0.15, -0.1) is 0 Å². The van der Waals surface area contributed by atoms with Gasteiger partial charge in [0.1, 0.15) is 0 Å². The van der Waals surface area contributed by atoms with Crippen LogP contribution in [0.4, 0.5) is 0 Å². The fourth-order valence-electron chi connectivity index (χ4n) is 1.41. The van der Waals surface area contributed by atoms with E-state index in [1.54, 1.807) is 0 Å². The minimum atomic E-state index is -0.927. The van der Waals surface area contributed by atoms with Gasteiger partial charge in [0.15, 0.2) is 6.10 Å². The van der Waals surface area contributed by atoms with Crippen molar-refractivity contribution in [1.29, 1.82) is 0 Å². The molecule has 0 spiro atoms. The van der Waals surface area contributed by atoms with Gasteiger partial charge in [0.05, 0.1) is 25.2 Å². The Labute approximate surface area is 128 Å². The molecule has 0 aromatic rings. The summed E-state index contributed by atoms with van der Waals surface area (Å²) in [6, 6.07) is 0. The average Bonchev–Trinajstić information content (AvgIpc) is 2.30. The van der Waals surface area contributed by atoms with Gasteiger partial charge in [0.2, 0.25) is 0 Å². The van der Waals surface area contributed by atoms with Crippen LogP contribution in [0.1, 0.15) is 54.9 Å². The van der Waals surface area contributed by atoms with E-state index >= 15 is 0 Å². The van der Waals surface area contributed by atoms with Crippen molar-refractivity contribution in [2.75, 3.05) is 13.2 Å². The van der Waals surface area contributed by atoms with Crippen LogP contribution in [0.15, 0.2) is 0 Å². The molecule has 1 atom stereocenters. The highest BCUT2D eigenvalue weighted by molar-refractivity contribution is 5.81. The standard InChI is InChI=1S/C16H30O5/c1-11(2)9-19-14(17)8-13(21-16(5,6)7)15(18)20-10-12(3)4/h11-13H,8-10H2,1-7H3. The summed E-state index contributed by atoms with van der Waals surface area (Å²) < 4.78 is 15.9. The van der Waals surface area contributed by atoms with Gasteiger partial charge in [0.25, 0.3) is 0 Å². The largest absolute Gasteiger partial charge is 0.465 e. The molecule has 0 aliphatic carbocycles. The van der Waals surface area contributed by atoms with Crippen molar-refractivity contribution in [1.82, 2.24) is 0 Å². The molecular formula is C16H30O5. The zero-order chi connectivity index (χ0) is 16.6. The molecular weight excluding hydrogens is 272 g/mol. The molecule has 1 unspecified atom stereocenters. The quantitative estimate of drug-likeness (QED) is 0.645. The highest BCUT2D eigenvalue weighted by Gasteiger charge is 2.30. The second kappa shape index (κ2) is 9.03. The third-order valence-corrected chi connectivity index (χ3v) is 2.25. The fraction of sp³-hybridized carbons (Fsp3) is 0.875. The SMILES string of the molecule is CC(C)COC(=O)CC(OC(C)(C)C)C(=O)OCC(C)C. The third kappa shape index (κ3) is 11.3. The minimum absolute atomic E-state index is 0.124. The Morgan fingerprint density at radius 2 is 1.38 bits per heavy atom. The molecule has 0 radical (unpaired) electrons. The van der Waals surface area contributed by atoms with Crippen molar-refractivity contribution < 1.29 is 23.8 Å². The maximum absolute atomic E-state index is 12.0. The Balaban J connectivity index is 4.58. The van der Waals surface area contributed by atoms with Crippen LogP contribution in [0, 0.1) is 11.8 Å². The molecule has 0 N–H and O–H groups in total. The van der Waals surface area contributed by atoms with Crippen molar-refractivity contribution in [2.24, 2.45) is 11.8 Å². The molecule has 0 heterocycles. The van der Waals surface area contributed by atoms with Gasteiger partial charge in [-0.3, -0.25) is 4.79 Å². The maximum atomic E-state index is 12.0. The van der Waals surface area contributed by atoms with Gasteiger partial charge < -0.3 is 14.2 Å². The molecule has 124 valence electrons. The number of esters is 2. The van der Waals surface area contributed by atoms with E-state index in [-0.39, 0.29) is 18.3 Å². The smallest absolute Gasteiger partial charge is 0.335 e. The molecule has 0 aliphatic rings. The van der Waals surface area contributed by atoms with Gasteiger partial charge in [-0.2, -0.15) is 0 Å². The molecule has 0 fully saturated rings. The Hall–Kier alpha value is -1.10. The summed E-state index contributed by atoms with van der Waals surface area (Å²) in [5, 5.41) is 0. The first-order chi connectivity index (χ1) is 9.51. The van der Waals surface area contributed by atoms with Crippen LogP contribution < -0.4 is 0 Å². The van der Waals surface area contributed by atoms with Gasteiger partial charge in [0, 0.05) is 0 Å². The lowest BCUT2D eigenvalue weighted by atomic mass is 10.1. The van der Waals surface area contributed by atoms with Crippen LogP contribution in [-0.4, -0.2) is 36.9 Å². The summed E-state index contributed by atoms with van der Waals surface area (Å²) in [4.78, 5) is 23.8. The lowest BCUT2D eigenvalue weighted by Gasteiger charge is -2.26. The molecule has 0 aliphatic heterocycles. The Kier molecular flexibility index (Phi) is 8.55. The summed E-state index contributed by atoms with van der Waals surface area (Å²) in [7, 11) is 0. The van der Waals surface area contributed by atoms with E-state index in [0.717, 1.165) is 0 Å². The van der Waals surface area contributed by atoms with Crippen molar-refractivity contribution >= 4 is 11.9 Å². The van der Waals surface area contributed by atoms with Crippen molar-refractivity contribution in [3.05, 3.63) is 0 Å². The number of carbonyl (C=O) groups excluding carboxylic acids is 2. The van der Waals surface area contributed by atoms with E-state index in [9.17, 15) is 9.59 Å². The zero-order valence-electron chi connectivity index (χ0n) is 14.4. The molecule has 0 aromatic heterocycles. The average molecular weight is 302 g/mol. The lowest BCUT2D eigenvalue weighted by molar-refractivity contribution is -0.173. The lowest BCUT2D eigenvalue weighted by Crippen LogP contribution is -2.37. The molecule has 0 rings (SSSR count). The summed E-state index contributed by atoms with van der Waals surface area (Å²) in [6.07, 6.45) is -1.05. The van der Waals surface area contributed by atoms with E-state index < -0.39 is 23.6 Å². The summed E-state index contributed by atoms with van der Waals surface area (Å²) in [6.45, 7) is 13.9. The Morgan fingerprint density at radius 1 is 0.905 bits per heavy atom. The highest BCUT2D eigenvalue weighted by atomic mass is 16.6. The topological polar surface area (TPSA) is 61.8 Å². The molecule has 5 heteroatoms. The number of ether oxygens (including phenoxy) is 3. The zero-order valence-corrected chi connectivity index (χ0v) is 14.4. The third-order valence-electron chi connectivity index (χ3n) is 2.25. The van der Waals surface area contributed by atoms with Crippen LogP contribution in [0.25, 0.3) is 0 Å². The second-order valence-electron chi connectivity index (χ2n) is 7.02. The van der Waals surface area contributed by atoms with Crippen LogP contribution >= 0.6 is 0 Å². The van der Waals surface area contributed by atoms with Crippen LogP contribution in [-0.2, 0) is 23.8 Å². The molecule has 0 aromatic carbocycles. The Morgan fingerprint density at radius 3 is 1.81 bits per heavy atom. The molecule has 0 saturated heterocycles. The summed E-state index contributed by atoms with van der Waals surface area (Å²) >= 11 is 0. The van der Waals surface area contributed by atoms with Crippen LogP contribution in [0.3, 0.4) is 0 Å². The van der Waals surface area contributed by atoms with E-state index in [1.807, 2.05) is 48.5 Å². The highest BCUT2D eigenvalue weighted by Crippen LogP contribution is 2.15. The molecule has 0 saturated carbocycles. The summed E-state index contributed by atoms with van der Waals surface area (Å²) in [5.74, 6) is -0.472. The van der Waals surface area contributed by atoms with Crippen molar-refractivity contribution in [2.45, 2.75) is 66.6 Å². The maximum Gasteiger partial charge on any atom is 0.335 e. The van der Waals surface area contributed by atoms with Gasteiger partial charge in [-0.05, 0) is 32.6 Å². The monoisotopic (exact) mass is 302 g/mol. The predicted molar refractivity (Wildman–Crippen MR) is 80.8 cm³/mol. The minimum Gasteiger partial charge on any atom is -0.465 e. The molecule has 21 heavy (non-hydrogen) atoms. The summed E-state index contributed by atoms with van der Waals surface area (Å²) in [5.41, 5.74) is -0.542. The van der Waals surface area contributed by atoms with E-state index in [0.29, 0.717) is 13.2 Å². The van der Waals surface area contributed by atoms with E-state index in [4.69, 9.17) is 14.2 Å². The van der Waals surface area contributed by atoms with Gasteiger partial charge >= 0.3 is 11.9 Å². The first-order valence-corrected chi connectivity index (χ1v) is 7.51. The van der Waals surface area contributed by atoms with Crippen LogP contribution in [0.5, 0.6) is 0 Å². The first kappa shape index (κ1) is 19.9. The van der Waals surface area contributed by atoms with Crippen molar-refractivity contribution in [3.63, 3.8) is 0 Å². The van der Waals surface area contributed by atoms with Gasteiger partial charge in [-0.1, -0.05) is 27.7 Å². The van der Waals surface area contributed by atoms with E-state index in [2.05, 4.69) is 0 Å². The molecule has 0 amide bonds. The van der Waals surface area contributed by atoms with Crippen molar-refractivity contribution in [3.8, 4) is 0 Å². The fourth-order valence-corrected chi connectivity index (χ4v) is 1.41.